The molecule has 4 N–H and O–H groups in total. The third-order valence-electron chi connectivity index (χ3n) is 3.17. The molecule has 110 valence electrons. The van der Waals surface area contributed by atoms with Crippen LogP contribution in [0.2, 0.25) is 0 Å². The molecule has 0 aromatic heterocycles. The second kappa shape index (κ2) is 5.88. The molecule has 4 nitrogen and oxygen atoms in total. The highest BCUT2D eigenvalue weighted by Crippen LogP contribution is 2.23. The number of nitrogen functional groups attached to an aromatic ring is 1. The molecule has 6 heteroatoms. The van der Waals surface area contributed by atoms with Gasteiger partial charge in [0.05, 0.1) is 5.69 Å². The highest BCUT2D eigenvalue weighted by Gasteiger charge is 2.15. The number of carbonyl (C=O) groups excluding carboxylic acids is 1. The molecule has 0 bridgehead atoms. The number of halogens is 2. The Balaban J connectivity index is 2.30. The van der Waals surface area contributed by atoms with Gasteiger partial charge in [-0.2, -0.15) is 0 Å². The van der Waals surface area contributed by atoms with Crippen LogP contribution in [-0.4, -0.2) is 5.91 Å². The molecule has 21 heavy (non-hydrogen) atoms. The van der Waals surface area contributed by atoms with Crippen LogP contribution < -0.4 is 16.6 Å². The maximum atomic E-state index is 13.9. The number of benzene rings is 2. The average molecular weight is 291 g/mol. The van der Waals surface area contributed by atoms with E-state index in [0.717, 1.165) is 11.6 Å². The van der Waals surface area contributed by atoms with E-state index in [-0.39, 0.29) is 11.1 Å². The quantitative estimate of drug-likeness (QED) is 0.601. The van der Waals surface area contributed by atoms with Crippen LogP contribution in [0.5, 0.6) is 0 Å². The van der Waals surface area contributed by atoms with Gasteiger partial charge < -0.3 is 10.7 Å². The minimum absolute atomic E-state index is 0.255. The topological polar surface area (TPSA) is 67.2 Å². The van der Waals surface area contributed by atoms with Crippen molar-refractivity contribution >= 4 is 17.3 Å². The van der Waals surface area contributed by atoms with Gasteiger partial charge >= 0.3 is 0 Å². The van der Waals surface area contributed by atoms with Gasteiger partial charge in [0.1, 0.15) is 11.5 Å². The van der Waals surface area contributed by atoms with E-state index in [0.29, 0.717) is 5.69 Å². The van der Waals surface area contributed by atoms with Crippen LogP contribution in [0.4, 0.5) is 20.2 Å². The number of rotatable bonds is 3. The van der Waals surface area contributed by atoms with Crippen LogP contribution >= 0.6 is 0 Å². The largest absolute Gasteiger partial charge is 0.324 e. The number of hydrazine groups is 1. The molecule has 0 radical (unpaired) electrons. The Labute approximate surface area is 120 Å². The average Bonchev–Trinajstić information content (AvgIpc) is 2.47. The molecule has 2 rings (SSSR count). The van der Waals surface area contributed by atoms with Crippen molar-refractivity contribution in [3.8, 4) is 0 Å². The lowest BCUT2D eigenvalue weighted by atomic mass is 10.1. The van der Waals surface area contributed by atoms with Gasteiger partial charge in [-0.05, 0) is 49.2 Å². The highest BCUT2D eigenvalue weighted by molar-refractivity contribution is 6.04. The van der Waals surface area contributed by atoms with Crippen LogP contribution in [0.1, 0.15) is 21.5 Å². The maximum absolute atomic E-state index is 13.9. The van der Waals surface area contributed by atoms with E-state index in [1.165, 1.54) is 19.1 Å². The number of nitrogens with two attached hydrogens (primary N) is 1. The monoisotopic (exact) mass is 291 g/mol. The molecule has 0 aliphatic heterocycles. The minimum Gasteiger partial charge on any atom is -0.324 e. The lowest BCUT2D eigenvalue weighted by Gasteiger charge is -2.11. The summed E-state index contributed by atoms with van der Waals surface area (Å²) < 4.78 is 27.5. The number of carbonyl (C=O) groups is 1. The number of hydrogen-bond donors (Lipinski definition) is 3. The first-order valence-corrected chi connectivity index (χ1v) is 6.27. The van der Waals surface area contributed by atoms with Gasteiger partial charge in [0.2, 0.25) is 0 Å². The van der Waals surface area contributed by atoms with Crippen molar-refractivity contribution in [2.75, 3.05) is 10.7 Å². The molecule has 0 atom stereocenters. The summed E-state index contributed by atoms with van der Waals surface area (Å²) in [4.78, 5) is 12.1. The van der Waals surface area contributed by atoms with Crippen molar-refractivity contribution in [2.45, 2.75) is 13.8 Å². The molecule has 0 aliphatic rings. The number of anilines is 2. The molecule has 0 unspecified atom stereocenters. The fourth-order valence-corrected chi connectivity index (χ4v) is 1.92. The Morgan fingerprint density at radius 1 is 1.10 bits per heavy atom. The lowest BCUT2D eigenvalue weighted by molar-refractivity contribution is 0.102. The fraction of sp³-hybridized carbons (Fsp3) is 0.133. The first-order valence-electron chi connectivity index (χ1n) is 6.27. The molecule has 0 heterocycles. The SMILES string of the molecule is Cc1cc(C(=O)Nc2c(F)ccc(C)c2F)ccc1NN. The summed E-state index contributed by atoms with van der Waals surface area (Å²) in [5.74, 6) is 3.12. The van der Waals surface area contributed by atoms with E-state index in [9.17, 15) is 13.6 Å². The van der Waals surface area contributed by atoms with Crippen LogP contribution in [0.15, 0.2) is 30.3 Å². The van der Waals surface area contributed by atoms with Crippen molar-refractivity contribution in [1.82, 2.24) is 0 Å². The van der Waals surface area contributed by atoms with Crippen molar-refractivity contribution in [3.05, 3.63) is 58.7 Å². The second-order valence-corrected chi connectivity index (χ2v) is 4.68. The van der Waals surface area contributed by atoms with Crippen molar-refractivity contribution < 1.29 is 13.6 Å². The minimum atomic E-state index is -0.816. The summed E-state index contributed by atoms with van der Waals surface area (Å²) in [6.07, 6.45) is 0. The van der Waals surface area contributed by atoms with E-state index in [1.54, 1.807) is 19.1 Å². The summed E-state index contributed by atoms with van der Waals surface area (Å²) in [6.45, 7) is 3.26. The first kappa shape index (κ1) is 14.9. The Morgan fingerprint density at radius 3 is 2.43 bits per heavy atom. The van der Waals surface area contributed by atoms with Crippen molar-refractivity contribution in [3.63, 3.8) is 0 Å². The third-order valence-corrected chi connectivity index (χ3v) is 3.17. The predicted molar refractivity (Wildman–Crippen MR) is 78.0 cm³/mol. The normalized spacial score (nSPS) is 10.3. The van der Waals surface area contributed by atoms with Crippen LogP contribution in [-0.2, 0) is 0 Å². The van der Waals surface area contributed by atoms with Crippen LogP contribution in [0.3, 0.4) is 0 Å². The third kappa shape index (κ3) is 3.00. The highest BCUT2D eigenvalue weighted by atomic mass is 19.1. The number of hydrogen-bond acceptors (Lipinski definition) is 3. The summed E-state index contributed by atoms with van der Waals surface area (Å²) in [5, 5.41) is 2.26. The first-order chi connectivity index (χ1) is 9.93. The zero-order valence-corrected chi connectivity index (χ0v) is 11.6. The smallest absolute Gasteiger partial charge is 0.255 e. The zero-order chi connectivity index (χ0) is 15.6. The van der Waals surface area contributed by atoms with Gasteiger partial charge in [-0.25, -0.2) is 8.78 Å². The van der Waals surface area contributed by atoms with Gasteiger partial charge in [-0.3, -0.25) is 10.6 Å². The molecule has 1 amide bonds. The van der Waals surface area contributed by atoms with E-state index in [2.05, 4.69) is 10.7 Å². The fourth-order valence-electron chi connectivity index (χ4n) is 1.92. The summed E-state index contributed by atoms with van der Waals surface area (Å²) in [6, 6.07) is 7.14. The Kier molecular flexibility index (Phi) is 4.18. The summed E-state index contributed by atoms with van der Waals surface area (Å²) >= 11 is 0. The van der Waals surface area contributed by atoms with Crippen LogP contribution in [0.25, 0.3) is 0 Å². The second-order valence-electron chi connectivity index (χ2n) is 4.68. The summed E-state index contributed by atoms with van der Waals surface area (Å²) in [5.41, 5.74) is 3.99. The number of amides is 1. The molecule has 2 aromatic carbocycles. The lowest BCUT2D eigenvalue weighted by Crippen LogP contribution is -2.15. The van der Waals surface area contributed by atoms with Crippen LogP contribution in [0, 0.1) is 25.5 Å². The molecule has 0 saturated carbocycles. The van der Waals surface area contributed by atoms with Gasteiger partial charge in [-0.15, -0.1) is 0 Å². The van der Waals surface area contributed by atoms with E-state index in [4.69, 9.17) is 5.84 Å². The molecule has 0 aliphatic carbocycles. The van der Waals surface area contributed by atoms with Crippen molar-refractivity contribution in [1.29, 1.82) is 0 Å². The van der Waals surface area contributed by atoms with Crippen molar-refractivity contribution in [2.24, 2.45) is 5.84 Å². The van der Waals surface area contributed by atoms with Gasteiger partial charge in [0, 0.05) is 5.56 Å². The predicted octanol–water partition coefficient (Wildman–Crippen LogP) is 3.12. The maximum Gasteiger partial charge on any atom is 0.255 e. The molecule has 0 fully saturated rings. The van der Waals surface area contributed by atoms with E-state index >= 15 is 0 Å². The van der Waals surface area contributed by atoms with E-state index in [1.807, 2.05) is 0 Å². The molecular formula is C15H15F2N3O. The van der Waals surface area contributed by atoms with Gasteiger partial charge in [0.25, 0.3) is 5.91 Å². The van der Waals surface area contributed by atoms with Gasteiger partial charge in [0.15, 0.2) is 5.82 Å². The zero-order valence-electron chi connectivity index (χ0n) is 11.6. The summed E-state index contributed by atoms with van der Waals surface area (Å²) in [7, 11) is 0. The molecule has 0 saturated heterocycles. The standard InChI is InChI=1S/C15H15F2N3O/c1-8-3-5-11(16)14(13(8)17)19-15(21)10-4-6-12(20-18)9(2)7-10/h3-7,20H,18H2,1-2H3,(H,19,21). The molecule has 2 aromatic rings. The Hall–Kier alpha value is -2.47. The number of nitrogens with one attached hydrogen (secondary N) is 2. The van der Waals surface area contributed by atoms with E-state index < -0.39 is 23.2 Å². The Morgan fingerprint density at radius 2 is 1.81 bits per heavy atom. The molecular weight excluding hydrogens is 276 g/mol. The number of aryl methyl sites for hydroxylation is 2. The molecule has 0 spiro atoms. The van der Waals surface area contributed by atoms with Gasteiger partial charge in [-0.1, -0.05) is 6.07 Å². The Bertz CT molecular complexity index is 702.